The summed E-state index contributed by atoms with van der Waals surface area (Å²) in [6.07, 6.45) is 1.68. The number of ether oxygens (including phenoxy) is 1. The van der Waals surface area contributed by atoms with Gasteiger partial charge in [-0.25, -0.2) is 4.79 Å². The van der Waals surface area contributed by atoms with Crippen molar-refractivity contribution < 1.29 is 14.6 Å². The normalized spacial score (nSPS) is 43.4. The highest BCUT2D eigenvalue weighted by molar-refractivity contribution is 5.93. The Morgan fingerprint density at radius 2 is 2.12 bits per heavy atom. The van der Waals surface area contributed by atoms with E-state index in [2.05, 4.69) is 20.8 Å². The van der Waals surface area contributed by atoms with Crippen LogP contribution in [0.3, 0.4) is 0 Å². The van der Waals surface area contributed by atoms with Crippen LogP contribution in [0.4, 0.5) is 0 Å². The van der Waals surface area contributed by atoms with E-state index in [-0.39, 0.29) is 17.3 Å². The Hall–Kier alpha value is -0.830. The highest BCUT2D eigenvalue weighted by Gasteiger charge is 2.54. The van der Waals surface area contributed by atoms with Gasteiger partial charge >= 0.3 is 5.97 Å². The first-order valence-corrected chi connectivity index (χ1v) is 6.50. The first-order chi connectivity index (χ1) is 7.92. The molecule has 17 heavy (non-hydrogen) atoms. The SMILES string of the molecule is C[C@H]1CC2CC(C)(C)C(O)[C@H]2C2=C1COC2=O. The van der Waals surface area contributed by atoms with Crippen LogP contribution in [-0.2, 0) is 9.53 Å². The Balaban J connectivity index is 2.06. The van der Waals surface area contributed by atoms with E-state index in [4.69, 9.17) is 4.74 Å². The average Bonchev–Trinajstić information content (AvgIpc) is 2.69. The minimum absolute atomic E-state index is 0.0196. The topological polar surface area (TPSA) is 46.5 Å². The highest BCUT2D eigenvalue weighted by atomic mass is 16.5. The number of hydrogen-bond acceptors (Lipinski definition) is 3. The summed E-state index contributed by atoms with van der Waals surface area (Å²) in [7, 11) is 0. The van der Waals surface area contributed by atoms with Crippen molar-refractivity contribution in [1.82, 2.24) is 0 Å². The number of aliphatic hydroxyl groups excluding tert-OH is 1. The number of cyclic esters (lactones) is 1. The fraction of sp³-hybridized carbons (Fsp3) is 0.786. The van der Waals surface area contributed by atoms with Gasteiger partial charge in [-0.3, -0.25) is 0 Å². The van der Waals surface area contributed by atoms with Gasteiger partial charge in [-0.2, -0.15) is 0 Å². The molecule has 1 heterocycles. The number of aliphatic hydroxyl groups is 1. The van der Waals surface area contributed by atoms with Gasteiger partial charge in [0.1, 0.15) is 6.61 Å². The van der Waals surface area contributed by atoms with E-state index in [1.807, 2.05) is 0 Å². The molecular formula is C14H20O3. The van der Waals surface area contributed by atoms with Crippen LogP contribution in [0.1, 0.15) is 33.6 Å². The van der Waals surface area contributed by atoms with E-state index >= 15 is 0 Å². The molecule has 0 bridgehead atoms. The number of esters is 1. The third kappa shape index (κ3) is 1.41. The largest absolute Gasteiger partial charge is 0.458 e. The molecule has 1 fully saturated rings. The third-order valence-electron chi connectivity index (χ3n) is 4.95. The smallest absolute Gasteiger partial charge is 0.334 e. The summed E-state index contributed by atoms with van der Waals surface area (Å²) < 4.78 is 5.17. The molecule has 3 aliphatic rings. The zero-order chi connectivity index (χ0) is 12.4. The Bertz CT molecular complexity index is 408. The summed E-state index contributed by atoms with van der Waals surface area (Å²) in [5.41, 5.74) is 1.88. The van der Waals surface area contributed by atoms with Crippen LogP contribution >= 0.6 is 0 Å². The van der Waals surface area contributed by atoms with Gasteiger partial charge in [-0.1, -0.05) is 20.8 Å². The van der Waals surface area contributed by atoms with Crippen molar-refractivity contribution in [3.05, 3.63) is 11.1 Å². The molecule has 0 saturated heterocycles. The number of rotatable bonds is 0. The van der Waals surface area contributed by atoms with E-state index in [0.29, 0.717) is 18.4 Å². The van der Waals surface area contributed by atoms with Gasteiger partial charge in [-0.15, -0.1) is 0 Å². The van der Waals surface area contributed by atoms with Gasteiger partial charge in [0, 0.05) is 11.5 Å². The van der Waals surface area contributed by atoms with Crippen molar-refractivity contribution in [2.45, 2.75) is 39.7 Å². The molecule has 1 aliphatic heterocycles. The van der Waals surface area contributed by atoms with E-state index < -0.39 is 6.10 Å². The van der Waals surface area contributed by atoms with Crippen LogP contribution in [0.15, 0.2) is 11.1 Å². The molecule has 3 nitrogen and oxygen atoms in total. The second kappa shape index (κ2) is 3.35. The van der Waals surface area contributed by atoms with Crippen LogP contribution < -0.4 is 0 Å². The summed E-state index contributed by atoms with van der Waals surface area (Å²) in [5.74, 6) is 0.711. The zero-order valence-corrected chi connectivity index (χ0v) is 10.7. The molecule has 3 heteroatoms. The first kappa shape index (κ1) is 11.3. The van der Waals surface area contributed by atoms with Crippen molar-refractivity contribution in [2.24, 2.45) is 23.2 Å². The van der Waals surface area contributed by atoms with Crippen molar-refractivity contribution in [2.75, 3.05) is 6.61 Å². The molecule has 0 aromatic carbocycles. The van der Waals surface area contributed by atoms with Crippen molar-refractivity contribution in [3.63, 3.8) is 0 Å². The summed E-state index contributed by atoms with van der Waals surface area (Å²) in [5, 5.41) is 10.5. The van der Waals surface area contributed by atoms with Gasteiger partial charge in [-0.05, 0) is 35.7 Å². The summed E-state index contributed by atoms with van der Waals surface area (Å²) in [4.78, 5) is 11.9. The molecule has 2 aliphatic carbocycles. The molecule has 0 radical (unpaired) electrons. The lowest BCUT2D eigenvalue weighted by molar-refractivity contribution is -0.137. The second-order valence-corrected chi connectivity index (χ2v) is 6.58. The molecule has 1 saturated carbocycles. The number of hydrogen-bond donors (Lipinski definition) is 1. The second-order valence-electron chi connectivity index (χ2n) is 6.58. The minimum Gasteiger partial charge on any atom is -0.458 e. The van der Waals surface area contributed by atoms with E-state index in [0.717, 1.165) is 24.0 Å². The molecule has 2 unspecified atom stereocenters. The lowest BCUT2D eigenvalue weighted by atomic mass is 9.72. The highest BCUT2D eigenvalue weighted by Crippen LogP contribution is 2.55. The molecule has 0 aromatic heterocycles. The minimum atomic E-state index is -0.407. The number of carbonyl (C=O) groups excluding carboxylic acids is 1. The fourth-order valence-corrected chi connectivity index (χ4v) is 4.08. The lowest BCUT2D eigenvalue weighted by Gasteiger charge is -2.31. The fourth-order valence-electron chi connectivity index (χ4n) is 4.08. The molecule has 0 amide bonds. The molecule has 94 valence electrons. The summed E-state index contributed by atoms with van der Waals surface area (Å²) in [6.45, 7) is 6.82. The van der Waals surface area contributed by atoms with E-state index in [1.165, 1.54) is 0 Å². The molecule has 3 rings (SSSR count). The molecule has 0 aromatic rings. The number of fused-ring (bicyclic) bond motifs is 2. The van der Waals surface area contributed by atoms with E-state index in [9.17, 15) is 9.90 Å². The summed E-state index contributed by atoms with van der Waals surface area (Å²) in [6, 6.07) is 0. The lowest BCUT2D eigenvalue weighted by Crippen LogP contribution is -2.34. The Labute approximate surface area is 102 Å². The van der Waals surface area contributed by atoms with Crippen molar-refractivity contribution in [3.8, 4) is 0 Å². The van der Waals surface area contributed by atoms with Gasteiger partial charge in [0.25, 0.3) is 0 Å². The van der Waals surface area contributed by atoms with Crippen LogP contribution in [0.2, 0.25) is 0 Å². The Morgan fingerprint density at radius 1 is 1.41 bits per heavy atom. The maximum atomic E-state index is 11.9. The maximum Gasteiger partial charge on any atom is 0.334 e. The number of carbonyl (C=O) groups is 1. The van der Waals surface area contributed by atoms with Crippen molar-refractivity contribution >= 4 is 5.97 Å². The Kier molecular flexibility index (Phi) is 2.22. The maximum absolute atomic E-state index is 11.9. The van der Waals surface area contributed by atoms with Crippen LogP contribution in [-0.4, -0.2) is 23.8 Å². The monoisotopic (exact) mass is 236 g/mol. The predicted octanol–water partition coefficient (Wildman–Crippen LogP) is 1.90. The first-order valence-electron chi connectivity index (χ1n) is 6.50. The zero-order valence-electron chi connectivity index (χ0n) is 10.7. The van der Waals surface area contributed by atoms with Gasteiger partial charge in [0.15, 0.2) is 0 Å². The standard InChI is InChI=1S/C14H20O3/c1-7-4-8-5-14(2,3)12(15)10(8)11-9(7)6-17-13(11)16/h7-8,10,12,15H,4-6H2,1-3H3/t7-,8?,10+,12?/m0/s1. The van der Waals surface area contributed by atoms with Gasteiger partial charge < -0.3 is 9.84 Å². The van der Waals surface area contributed by atoms with Crippen LogP contribution in [0.5, 0.6) is 0 Å². The van der Waals surface area contributed by atoms with Crippen molar-refractivity contribution in [1.29, 1.82) is 0 Å². The summed E-state index contributed by atoms with van der Waals surface area (Å²) >= 11 is 0. The van der Waals surface area contributed by atoms with Crippen LogP contribution in [0, 0.1) is 23.2 Å². The average molecular weight is 236 g/mol. The molecule has 1 N–H and O–H groups in total. The molecule has 0 spiro atoms. The van der Waals surface area contributed by atoms with Gasteiger partial charge in [0.2, 0.25) is 0 Å². The predicted molar refractivity (Wildman–Crippen MR) is 63.2 cm³/mol. The molecular weight excluding hydrogens is 216 g/mol. The Morgan fingerprint density at radius 3 is 2.82 bits per heavy atom. The molecule has 4 atom stereocenters. The third-order valence-corrected chi connectivity index (χ3v) is 4.95. The quantitative estimate of drug-likeness (QED) is 0.653. The van der Waals surface area contributed by atoms with Crippen LogP contribution in [0.25, 0.3) is 0 Å². The van der Waals surface area contributed by atoms with Gasteiger partial charge in [0.05, 0.1) is 6.10 Å². The van der Waals surface area contributed by atoms with E-state index in [1.54, 1.807) is 0 Å².